The van der Waals surface area contributed by atoms with E-state index in [1.807, 2.05) is 37.5 Å². The Bertz CT molecular complexity index is 1030. The monoisotopic (exact) mass is 389 g/mol. The Kier molecular flexibility index (Phi) is 5.56. The van der Waals surface area contributed by atoms with E-state index in [0.717, 1.165) is 42.0 Å². The van der Waals surface area contributed by atoms with Crippen LogP contribution in [0.1, 0.15) is 29.2 Å². The number of benzene rings is 1. The maximum absolute atomic E-state index is 9.32. The number of ether oxygens (including phenoxy) is 2. The summed E-state index contributed by atoms with van der Waals surface area (Å²) in [4.78, 5) is 4.56. The lowest BCUT2D eigenvalue weighted by Crippen LogP contribution is -2.03. The number of nitriles is 1. The summed E-state index contributed by atoms with van der Waals surface area (Å²) in [5, 5.41) is 13.9. The molecule has 148 valence electrons. The molecular formula is C22H23N5O2. The van der Waals surface area contributed by atoms with Gasteiger partial charge in [-0.15, -0.1) is 0 Å². The summed E-state index contributed by atoms with van der Waals surface area (Å²) in [6, 6.07) is 13.4. The molecule has 0 radical (unpaired) electrons. The largest absolute Gasteiger partial charge is 0.439 e. The number of aromatic nitrogens is 3. The summed E-state index contributed by atoms with van der Waals surface area (Å²) in [7, 11) is 1.85. The van der Waals surface area contributed by atoms with E-state index in [-0.39, 0.29) is 0 Å². The third-order valence-corrected chi connectivity index (χ3v) is 5.06. The van der Waals surface area contributed by atoms with Crippen molar-refractivity contribution in [3.63, 3.8) is 0 Å². The first-order valence-corrected chi connectivity index (χ1v) is 9.67. The third kappa shape index (κ3) is 4.14. The van der Waals surface area contributed by atoms with Gasteiger partial charge in [0.15, 0.2) is 0 Å². The average Bonchev–Trinajstić information content (AvgIpc) is 3.39. The Morgan fingerprint density at radius 2 is 2.21 bits per heavy atom. The van der Waals surface area contributed by atoms with E-state index in [0.29, 0.717) is 36.3 Å². The molecule has 1 aliphatic rings. The van der Waals surface area contributed by atoms with Crippen molar-refractivity contribution in [2.45, 2.75) is 18.8 Å². The van der Waals surface area contributed by atoms with Crippen LogP contribution in [0.25, 0.3) is 11.3 Å². The second-order valence-corrected chi connectivity index (χ2v) is 7.11. The standard InChI is InChI=1S/C22H23N5O2/c1-27-22(11-20(26-27)17-7-9-28-14-17)29-21-10-16(12-24)2-4-18(21)19-5-3-15(6-8-23)13-25-19/h2-5,10-11,13,17H,6-9,14,23H2,1H3. The molecule has 0 aliphatic carbocycles. The van der Waals surface area contributed by atoms with Crippen LogP contribution in [0.15, 0.2) is 42.6 Å². The molecule has 2 aromatic heterocycles. The first-order valence-electron chi connectivity index (χ1n) is 9.67. The van der Waals surface area contributed by atoms with Gasteiger partial charge in [-0.05, 0) is 49.2 Å². The SMILES string of the molecule is Cn1nc(C2CCOC2)cc1Oc1cc(C#N)ccc1-c1ccc(CCN)cn1. The Morgan fingerprint density at radius 3 is 2.90 bits per heavy atom. The highest BCUT2D eigenvalue weighted by Crippen LogP contribution is 2.35. The van der Waals surface area contributed by atoms with E-state index in [1.165, 1.54) is 0 Å². The highest BCUT2D eigenvalue weighted by molar-refractivity contribution is 5.69. The molecule has 3 heterocycles. The van der Waals surface area contributed by atoms with Gasteiger partial charge in [-0.2, -0.15) is 10.4 Å². The second kappa shape index (κ2) is 8.43. The molecule has 4 rings (SSSR count). The van der Waals surface area contributed by atoms with Gasteiger partial charge < -0.3 is 15.2 Å². The topological polar surface area (TPSA) is 99.0 Å². The van der Waals surface area contributed by atoms with Crippen LogP contribution < -0.4 is 10.5 Å². The van der Waals surface area contributed by atoms with E-state index in [2.05, 4.69) is 16.2 Å². The maximum Gasteiger partial charge on any atom is 0.217 e. The summed E-state index contributed by atoms with van der Waals surface area (Å²) < 4.78 is 13.4. The molecule has 1 fully saturated rings. The minimum absolute atomic E-state index is 0.292. The molecule has 7 nitrogen and oxygen atoms in total. The average molecular weight is 389 g/mol. The zero-order valence-corrected chi connectivity index (χ0v) is 16.3. The minimum Gasteiger partial charge on any atom is -0.439 e. The van der Waals surface area contributed by atoms with Gasteiger partial charge in [0.25, 0.3) is 0 Å². The quantitative estimate of drug-likeness (QED) is 0.695. The van der Waals surface area contributed by atoms with Gasteiger partial charge >= 0.3 is 0 Å². The number of nitrogens with two attached hydrogens (primary N) is 1. The number of rotatable bonds is 6. The van der Waals surface area contributed by atoms with Crippen LogP contribution in [0.2, 0.25) is 0 Å². The van der Waals surface area contributed by atoms with Crippen LogP contribution in [0.3, 0.4) is 0 Å². The summed E-state index contributed by atoms with van der Waals surface area (Å²) in [5.74, 6) is 1.48. The van der Waals surface area contributed by atoms with Crippen molar-refractivity contribution >= 4 is 0 Å². The molecular weight excluding hydrogens is 366 g/mol. The summed E-state index contributed by atoms with van der Waals surface area (Å²) >= 11 is 0. The molecule has 0 saturated carbocycles. The molecule has 3 aromatic rings. The Balaban J connectivity index is 1.67. The molecule has 0 spiro atoms. The first-order chi connectivity index (χ1) is 14.2. The molecule has 0 bridgehead atoms. The van der Waals surface area contributed by atoms with Gasteiger partial charge in [0.2, 0.25) is 5.88 Å². The van der Waals surface area contributed by atoms with Gasteiger partial charge in [-0.3, -0.25) is 4.98 Å². The molecule has 1 atom stereocenters. The second-order valence-electron chi connectivity index (χ2n) is 7.11. The van der Waals surface area contributed by atoms with Gasteiger partial charge in [0.1, 0.15) is 5.75 Å². The number of nitrogens with zero attached hydrogens (tertiary/aromatic N) is 4. The Hall–Kier alpha value is -3.21. The molecule has 0 amide bonds. The van der Waals surface area contributed by atoms with Crippen molar-refractivity contribution < 1.29 is 9.47 Å². The van der Waals surface area contributed by atoms with Crippen LogP contribution in [-0.2, 0) is 18.2 Å². The van der Waals surface area contributed by atoms with Crippen LogP contribution in [0.4, 0.5) is 0 Å². The van der Waals surface area contributed by atoms with E-state index in [4.69, 9.17) is 15.2 Å². The smallest absolute Gasteiger partial charge is 0.217 e. The maximum atomic E-state index is 9.32. The van der Waals surface area contributed by atoms with Gasteiger partial charge in [-0.25, -0.2) is 4.68 Å². The van der Waals surface area contributed by atoms with Crippen LogP contribution >= 0.6 is 0 Å². The lowest BCUT2D eigenvalue weighted by molar-refractivity contribution is 0.193. The Morgan fingerprint density at radius 1 is 1.31 bits per heavy atom. The fourth-order valence-electron chi connectivity index (χ4n) is 3.43. The molecule has 1 aliphatic heterocycles. The highest BCUT2D eigenvalue weighted by Gasteiger charge is 2.22. The minimum atomic E-state index is 0.292. The van der Waals surface area contributed by atoms with Crippen molar-refractivity contribution in [3.05, 3.63) is 59.4 Å². The van der Waals surface area contributed by atoms with Gasteiger partial charge in [0, 0.05) is 37.4 Å². The number of pyridine rings is 1. The van der Waals surface area contributed by atoms with Crippen LogP contribution in [-0.4, -0.2) is 34.5 Å². The third-order valence-electron chi connectivity index (χ3n) is 5.06. The van der Waals surface area contributed by atoms with Gasteiger partial charge in [0.05, 0.1) is 29.6 Å². The molecule has 2 N–H and O–H groups in total. The number of hydrogen-bond donors (Lipinski definition) is 1. The fourth-order valence-corrected chi connectivity index (χ4v) is 3.43. The fraction of sp³-hybridized carbons (Fsp3) is 0.318. The summed E-state index contributed by atoms with van der Waals surface area (Å²) in [5.41, 5.74) is 9.78. The molecule has 1 aromatic carbocycles. The number of aryl methyl sites for hydroxylation is 1. The van der Waals surface area contributed by atoms with E-state index in [9.17, 15) is 5.26 Å². The van der Waals surface area contributed by atoms with Crippen molar-refractivity contribution in [1.29, 1.82) is 5.26 Å². The van der Waals surface area contributed by atoms with Crippen molar-refractivity contribution in [2.24, 2.45) is 12.8 Å². The molecule has 1 saturated heterocycles. The normalized spacial score (nSPS) is 16.0. The van der Waals surface area contributed by atoms with Crippen LogP contribution in [0, 0.1) is 11.3 Å². The molecule has 29 heavy (non-hydrogen) atoms. The lowest BCUT2D eigenvalue weighted by atomic mass is 10.1. The van der Waals surface area contributed by atoms with E-state index in [1.54, 1.807) is 16.8 Å². The molecule has 7 heteroatoms. The first kappa shape index (κ1) is 19.1. The zero-order chi connectivity index (χ0) is 20.2. The summed E-state index contributed by atoms with van der Waals surface area (Å²) in [6.07, 6.45) is 3.57. The zero-order valence-electron chi connectivity index (χ0n) is 16.3. The predicted molar refractivity (Wildman–Crippen MR) is 109 cm³/mol. The van der Waals surface area contributed by atoms with Gasteiger partial charge in [-0.1, -0.05) is 6.07 Å². The summed E-state index contributed by atoms with van der Waals surface area (Å²) in [6.45, 7) is 2.03. The Labute approximate surface area is 169 Å². The number of hydrogen-bond acceptors (Lipinski definition) is 6. The van der Waals surface area contributed by atoms with Crippen molar-refractivity contribution in [2.75, 3.05) is 19.8 Å². The van der Waals surface area contributed by atoms with Crippen molar-refractivity contribution in [1.82, 2.24) is 14.8 Å². The molecule has 1 unspecified atom stereocenters. The van der Waals surface area contributed by atoms with Crippen LogP contribution in [0.5, 0.6) is 11.6 Å². The van der Waals surface area contributed by atoms with E-state index < -0.39 is 0 Å². The highest BCUT2D eigenvalue weighted by atomic mass is 16.5. The predicted octanol–water partition coefficient (Wildman–Crippen LogP) is 3.15. The lowest BCUT2D eigenvalue weighted by Gasteiger charge is -2.11. The van der Waals surface area contributed by atoms with Crippen molar-refractivity contribution in [3.8, 4) is 29.0 Å². The van der Waals surface area contributed by atoms with E-state index >= 15 is 0 Å².